The number of piperidine rings is 1. The molecule has 29 heavy (non-hydrogen) atoms. The van der Waals surface area contributed by atoms with Crippen LogP contribution in [0.5, 0.6) is 0 Å². The molecule has 0 bridgehead atoms. The highest BCUT2D eigenvalue weighted by Crippen LogP contribution is 2.31. The van der Waals surface area contributed by atoms with Gasteiger partial charge in [0.15, 0.2) is 0 Å². The van der Waals surface area contributed by atoms with Crippen LogP contribution in [0.4, 0.5) is 0 Å². The minimum absolute atomic E-state index is 0. The van der Waals surface area contributed by atoms with Crippen molar-refractivity contribution >= 4 is 61.1 Å². The molecule has 2 atom stereocenters. The fraction of sp³-hybridized carbons (Fsp3) is 0.611. The van der Waals surface area contributed by atoms with Crippen LogP contribution in [0.1, 0.15) is 37.7 Å². The molecule has 1 heterocycles. The first-order valence-corrected chi connectivity index (χ1v) is 10.0. The van der Waals surface area contributed by atoms with Crippen molar-refractivity contribution in [3.05, 3.63) is 33.8 Å². The quantitative estimate of drug-likeness (QED) is 0.312. The Balaban J connectivity index is 0.00000392. The number of carboxylic acids is 1. The van der Waals surface area contributed by atoms with E-state index in [1.54, 1.807) is 6.07 Å². The van der Waals surface area contributed by atoms with Crippen molar-refractivity contribution in [2.24, 2.45) is 11.7 Å². The number of aliphatic carboxylic acids is 1. The maximum absolute atomic E-state index is 11.9. The van der Waals surface area contributed by atoms with Crippen LogP contribution in [0.15, 0.2) is 18.2 Å². The van der Waals surface area contributed by atoms with E-state index in [0.29, 0.717) is 42.4 Å². The van der Waals surface area contributed by atoms with Crippen molar-refractivity contribution in [3.8, 4) is 0 Å². The molecule has 1 aromatic rings. The lowest BCUT2D eigenvalue weighted by Gasteiger charge is -2.41. The van der Waals surface area contributed by atoms with E-state index in [9.17, 15) is 9.90 Å². The number of carboxylic acid groups (broad SMARTS) is 1. The van der Waals surface area contributed by atoms with E-state index in [2.05, 4.69) is 4.90 Å². The molecule has 0 radical (unpaired) electrons. The summed E-state index contributed by atoms with van der Waals surface area (Å²) in [7, 11) is -1.36. The molecule has 1 aliphatic rings. The van der Waals surface area contributed by atoms with Crippen molar-refractivity contribution in [1.29, 1.82) is 0 Å². The summed E-state index contributed by atoms with van der Waals surface area (Å²) < 4.78 is 0. The molecular formula is C18H29BCl4N2O4. The van der Waals surface area contributed by atoms with Gasteiger partial charge in [0, 0.05) is 19.0 Å². The third kappa shape index (κ3) is 8.42. The zero-order valence-electron chi connectivity index (χ0n) is 16.1. The molecule has 5 N–H and O–H groups in total. The Morgan fingerprint density at radius 2 is 1.93 bits per heavy atom. The fourth-order valence-corrected chi connectivity index (χ4v) is 4.07. The van der Waals surface area contributed by atoms with Gasteiger partial charge in [-0.2, -0.15) is 0 Å². The molecule has 1 saturated heterocycles. The molecule has 11 heteroatoms. The smallest absolute Gasteiger partial charge is 0.451 e. The highest BCUT2D eigenvalue weighted by Gasteiger charge is 2.43. The first-order chi connectivity index (χ1) is 12.7. The van der Waals surface area contributed by atoms with E-state index in [-0.39, 0.29) is 37.1 Å². The highest BCUT2D eigenvalue weighted by atomic mass is 35.5. The lowest BCUT2D eigenvalue weighted by molar-refractivity contribution is -0.147. The molecule has 0 spiro atoms. The van der Waals surface area contributed by atoms with E-state index in [1.165, 1.54) is 0 Å². The zero-order valence-corrected chi connectivity index (χ0v) is 19.2. The van der Waals surface area contributed by atoms with Gasteiger partial charge in [0.25, 0.3) is 0 Å². The highest BCUT2D eigenvalue weighted by molar-refractivity contribution is 6.42. The molecular weight excluding hydrogens is 461 g/mol. The summed E-state index contributed by atoms with van der Waals surface area (Å²) in [4.78, 5) is 14.1. The number of likely N-dealkylation sites (tertiary alicyclic amines) is 1. The maximum atomic E-state index is 11.9. The number of benzene rings is 1. The molecule has 0 amide bonds. The maximum Gasteiger partial charge on any atom is 0.451 e. The van der Waals surface area contributed by atoms with Crippen LogP contribution >= 0.6 is 48.0 Å². The van der Waals surface area contributed by atoms with Gasteiger partial charge in [0.1, 0.15) is 5.54 Å². The Hall–Kier alpha value is -0.245. The first-order valence-electron chi connectivity index (χ1n) is 9.27. The zero-order chi connectivity index (χ0) is 20.0. The summed E-state index contributed by atoms with van der Waals surface area (Å²) in [5, 5.41) is 28.6. The second-order valence-corrected chi connectivity index (χ2v) is 8.21. The van der Waals surface area contributed by atoms with Gasteiger partial charge in [-0.05, 0) is 49.8 Å². The van der Waals surface area contributed by atoms with Crippen LogP contribution in [-0.2, 0) is 11.3 Å². The van der Waals surface area contributed by atoms with Gasteiger partial charge in [-0.3, -0.25) is 9.69 Å². The van der Waals surface area contributed by atoms with E-state index in [4.69, 9.17) is 39.0 Å². The minimum Gasteiger partial charge on any atom is -0.480 e. The van der Waals surface area contributed by atoms with Crippen molar-refractivity contribution in [2.45, 2.75) is 50.5 Å². The summed E-state index contributed by atoms with van der Waals surface area (Å²) in [6, 6.07) is 5.52. The van der Waals surface area contributed by atoms with Gasteiger partial charge in [-0.25, -0.2) is 0 Å². The Kier molecular flexibility index (Phi) is 13.1. The Bertz CT molecular complexity index is 656. The number of nitrogens with zero attached hydrogens (tertiary/aromatic N) is 1. The van der Waals surface area contributed by atoms with Crippen molar-refractivity contribution in [1.82, 2.24) is 4.90 Å². The first kappa shape index (κ1) is 28.8. The Morgan fingerprint density at radius 3 is 2.52 bits per heavy atom. The molecule has 1 unspecified atom stereocenters. The van der Waals surface area contributed by atoms with Crippen molar-refractivity contribution in [3.63, 3.8) is 0 Å². The number of hydrogen-bond donors (Lipinski definition) is 4. The molecule has 0 saturated carbocycles. The third-order valence-corrected chi connectivity index (χ3v) is 6.06. The van der Waals surface area contributed by atoms with E-state index >= 15 is 0 Å². The monoisotopic (exact) mass is 488 g/mol. The average Bonchev–Trinajstić information content (AvgIpc) is 2.61. The van der Waals surface area contributed by atoms with Crippen molar-refractivity contribution in [2.75, 3.05) is 13.1 Å². The van der Waals surface area contributed by atoms with Crippen LogP contribution in [0, 0.1) is 5.92 Å². The molecule has 2 rings (SSSR count). The van der Waals surface area contributed by atoms with Crippen LogP contribution < -0.4 is 5.73 Å². The topological polar surface area (TPSA) is 107 Å². The second-order valence-electron chi connectivity index (χ2n) is 7.39. The third-order valence-electron chi connectivity index (χ3n) is 5.33. The Labute approximate surface area is 194 Å². The van der Waals surface area contributed by atoms with Gasteiger partial charge in [0.2, 0.25) is 0 Å². The van der Waals surface area contributed by atoms with Crippen LogP contribution in [0.2, 0.25) is 16.4 Å². The van der Waals surface area contributed by atoms with Crippen molar-refractivity contribution < 1.29 is 19.9 Å². The van der Waals surface area contributed by atoms with Gasteiger partial charge in [0.05, 0.1) is 10.0 Å². The largest absolute Gasteiger partial charge is 0.480 e. The molecule has 0 aliphatic carbocycles. The number of unbranched alkanes of at least 4 members (excludes halogenated alkanes) is 1. The summed E-state index contributed by atoms with van der Waals surface area (Å²) in [5.41, 5.74) is 6.06. The molecule has 1 aromatic carbocycles. The number of halogens is 4. The minimum atomic E-state index is -1.36. The molecule has 0 aromatic heterocycles. The lowest BCUT2D eigenvalue weighted by Crippen LogP contribution is -2.58. The van der Waals surface area contributed by atoms with E-state index in [0.717, 1.165) is 24.9 Å². The summed E-state index contributed by atoms with van der Waals surface area (Å²) in [5.74, 6) is -1.15. The fourth-order valence-electron chi connectivity index (χ4n) is 3.75. The van der Waals surface area contributed by atoms with Gasteiger partial charge in [-0.15, -0.1) is 24.8 Å². The number of nitrogens with two attached hydrogens (primary N) is 1. The second kappa shape index (κ2) is 13.2. The lowest BCUT2D eigenvalue weighted by atomic mass is 9.75. The van der Waals surface area contributed by atoms with Gasteiger partial charge >= 0.3 is 13.1 Å². The predicted molar refractivity (Wildman–Crippen MR) is 122 cm³/mol. The van der Waals surface area contributed by atoms with Gasteiger partial charge in [-0.1, -0.05) is 42.1 Å². The van der Waals surface area contributed by atoms with Gasteiger partial charge < -0.3 is 20.9 Å². The molecule has 1 fully saturated rings. The Morgan fingerprint density at radius 1 is 1.24 bits per heavy atom. The molecule has 6 nitrogen and oxygen atoms in total. The predicted octanol–water partition coefficient (Wildman–Crippen LogP) is 3.47. The van der Waals surface area contributed by atoms with E-state index < -0.39 is 18.6 Å². The summed E-state index contributed by atoms with van der Waals surface area (Å²) in [6.07, 6.45) is 3.27. The number of carbonyl (C=O) groups is 1. The van der Waals surface area contributed by atoms with E-state index in [1.807, 2.05) is 12.1 Å². The summed E-state index contributed by atoms with van der Waals surface area (Å²) in [6.45, 7) is 2.15. The molecule has 166 valence electrons. The molecule has 1 aliphatic heterocycles. The normalized spacial score (nSPS) is 18.9. The van der Waals surface area contributed by atoms with Crippen LogP contribution in [0.3, 0.4) is 0 Å². The standard InChI is InChI=1S/C18H27BCl2N2O4.2ClH/c20-15-6-5-13(10-16(15)21)11-23-9-3-4-14(12-23)18(22,17(24)25)7-1-2-8-19(26)27;;/h5-6,10,14,26-27H,1-4,7-9,11-12,22H2,(H,24,25);2*1H/t14-,18?;;/m0../s1. The summed E-state index contributed by atoms with van der Waals surface area (Å²) >= 11 is 12.0. The SMILES string of the molecule is Cl.Cl.NC(CCCCB(O)O)(C(=O)O)[C@H]1CCCN(Cc2ccc(Cl)c(Cl)c2)C1. The van der Waals surface area contributed by atoms with Crippen LogP contribution in [-0.4, -0.2) is 51.8 Å². The average molecular weight is 490 g/mol. The number of rotatable bonds is 9. The van der Waals surface area contributed by atoms with Crippen LogP contribution in [0.25, 0.3) is 0 Å². The number of hydrogen-bond acceptors (Lipinski definition) is 5.